The first-order valence-corrected chi connectivity index (χ1v) is 6.47. The molecule has 0 spiro atoms. The third-order valence-corrected chi connectivity index (χ3v) is 4.73. The zero-order valence-corrected chi connectivity index (χ0v) is 10.1. The van der Waals surface area contributed by atoms with Gasteiger partial charge >= 0.3 is 0 Å². The third kappa shape index (κ3) is 1.18. The van der Waals surface area contributed by atoms with Crippen LogP contribution in [-0.4, -0.2) is 0 Å². The predicted octanol–water partition coefficient (Wildman–Crippen LogP) is 4.19. The van der Waals surface area contributed by atoms with E-state index in [0.717, 1.165) is 5.92 Å². The summed E-state index contributed by atoms with van der Waals surface area (Å²) in [7, 11) is 0. The van der Waals surface area contributed by atoms with Crippen LogP contribution in [0.2, 0.25) is 0 Å². The molecule has 1 saturated carbocycles. The van der Waals surface area contributed by atoms with E-state index >= 15 is 0 Å². The van der Waals surface area contributed by atoms with Crippen molar-refractivity contribution in [3.63, 3.8) is 0 Å². The Morgan fingerprint density at radius 3 is 2.53 bits per heavy atom. The lowest BCUT2D eigenvalue weighted by Gasteiger charge is -2.14. The van der Waals surface area contributed by atoms with Crippen molar-refractivity contribution in [2.24, 2.45) is 5.92 Å². The number of benzene rings is 2. The molecule has 0 saturated heterocycles. The minimum atomic E-state index is 0.440. The summed E-state index contributed by atoms with van der Waals surface area (Å²) in [5.41, 5.74) is 6.46. The van der Waals surface area contributed by atoms with Gasteiger partial charge in [0.2, 0.25) is 0 Å². The molecule has 17 heavy (non-hydrogen) atoms. The Morgan fingerprint density at radius 2 is 1.65 bits per heavy atom. The average Bonchev–Trinajstić information content (AvgIpc) is 3.02. The summed E-state index contributed by atoms with van der Waals surface area (Å²) in [6.07, 6.45) is 2.61. The van der Waals surface area contributed by atoms with Gasteiger partial charge in [0.1, 0.15) is 0 Å². The fourth-order valence-electron chi connectivity index (χ4n) is 3.52. The monoisotopic (exact) mass is 220 g/mol. The lowest BCUT2D eigenvalue weighted by molar-refractivity contribution is 0.665. The van der Waals surface area contributed by atoms with Crippen molar-refractivity contribution in [2.75, 3.05) is 0 Å². The Kier molecular flexibility index (Phi) is 1.68. The fourth-order valence-corrected chi connectivity index (χ4v) is 3.52. The van der Waals surface area contributed by atoms with Crippen molar-refractivity contribution in [3.05, 3.63) is 59.7 Å². The van der Waals surface area contributed by atoms with Gasteiger partial charge in [-0.1, -0.05) is 55.5 Å². The Balaban J connectivity index is 2.05. The molecule has 2 unspecified atom stereocenters. The molecule has 84 valence electrons. The number of rotatable bonds is 0. The largest absolute Gasteiger partial charge is 0.0620 e. The topological polar surface area (TPSA) is 0 Å². The highest BCUT2D eigenvalue weighted by atomic mass is 14.6. The molecule has 0 heterocycles. The first kappa shape index (κ1) is 9.47. The van der Waals surface area contributed by atoms with Crippen LogP contribution in [-0.2, 0) is 11.8 Å². The molecule has 2 aromatic rings. The molecule has 0 aromatic heterocycles. The van der Waals surface area contributed by atoms with Gasteiger partial charge in [0, 0.05) is 0 Å². The van der Waals surface area contributed by atoms with Crippen LogP contribution in [0.25, 0.3) is 11.1 Å². The highest BCUT2D eigenvalue weighted by Gasteiger charge is 2.53. The first-order chi connectivity index (χ1) is 8.29. The highest BCUT2D eigenvalue weighted by molar-refractivity contribution is 5.74. The minimum Gasteiger partial charge on any atom is -0.0620 e. The summed E-state index contributed by atoms with van der Waals surface area (Å²) in [5, 5.41) is 0. The summed E-state index contributed by atoms with van der Waals surface area (Å²) in [6, 6.07) is 17.9. The van der Waals surface area contributed by atoms with Gasteiger partial charge in [-0.15, -0.1) is 0 Å². The van der Waals surface area contributed by atoms with Crippen molar-refractivity contribution in [3.8, 4) is 11.1 Å². The quantitative estimate of drug-likeness (QED) is 0.624. The molecule has 2 aromatic carbocycles. The van der Waals surface area contributed by atoms with E-state index < -0.39 is 0 Å². The van der Waals surface area contributed by atoms with Gasteiger partial charge < -0.3 is 0 Å². The molecule has 0 heteroatoms. The van der Waals surface area contributed by atoms with Crippen molar-refractivity contribution in [1.82, 2.24) is 0 Å². The van der Waals surface area contributed by atoms with Crippen LogP contribution in [0.3, 0.4) is 0 Å². The lowest BCUT2D eigenvalue weighted by atomic mass is 9.89. The van der Waals surface area contributed by atoms with Gasteiger partial charge in [0.15, 0.2) is 0 Å². The Morgan fingerprint density at radius 1 is 0.941 bits per heavy atom. The molecule has 0 aliphatic heterocycles. The van der Waals surface area contributed by atoms with Crippen LogP contribution in [0.4, 0.5) is 0 Å². The smallest absolute Gasteiger partial charge is 0.00343 e. The zero-order chi connectivity index (χ0) is 11.5. The van der Waals surface area contributed by atoms with E-state index in [0.29, 0.717) is 5.41 Å². The zero-order valence-electron chi connectivity index (χ0n) is 10.1. The fraction of sp³-hybridized carbons (Fsp3) is 0.294. The first-order valence-electron chi connectivity index (χ1n) is 6.47. The number of hydrogen-bond donors (Lipinski definition) is 0. The Hall–Kier alpha value is -1.56. The second-order valence-corrected chi connectivity index (χ2v) is 5.73. The summed E-state index contributed by atoms with van der Waals surface area (Å²) >= 11 is 0. The Labute approximate surface area is 102 Å². The lowest BCUT2D eigenvalue weighted by Crippen LogP contribution is -2.04. The summed E-state index contributed by atoms with van der Waals surface area (Å²) in [6.45, 7) is 2.43. The van der Waals surface area contributed by atoms with Crippen molar-refractivity contribution in [1.29, 1.82) is 0 Å². The number of hydrogen-bond acceptors (Lipinski definition) is 0. The molecular formula is C17H16. The summed E-state index contributed by atoms with van der Waals surface area (Å²) in [4.78, 5) is 0. The summed E-state index contributed by atoms with van der Waals surface area (Å²) in [5.74, 6) is 0.854. The molecule has 0 nitrogen and oxygen atoms in total. The molecule has 1 fully saturated rings. The SMILES string of the molecule is CC12CC1Cc1ccccc1-c1ccccc12. The van der Waals surface area contributed by atoms with Gasteiger partial charge in [0.05, 0.1) is 0 Å². The van der Waals surface area contributed by atoms with Crippen LogP contribution in [0.5, 0.6) is 0 Å². The van der Waals surface area contributed by atoms with Crippen LogP contribution in [0.1, 0.15) is 24.5 Å². The van der Waals surface area contributed by atoms with Crippen molar-refractivity contribution < 1.29 is 0 Å². The molecule has 2 aliphatic rings. The van der Waals surface area contributed by atoms with E-state index in [1.54, 1.807) is 5.56 Å². The van der Waals surface area contributed by atoms with E-state index in [1.807, 2.05) is 0 Å². The summed E-state index contributed by atoms with van der Waals surface area (Å²) < 4.78 is 0. The molecule has 0 bridgehead atoms. The van der Waals surface area contributed by atoms with Gasteiger partial charge in [-0.3, -0.25) is 0 Å². The second kappa shape index (κ2) is 3.01. The molecule has 2 atom stereocenters. The van der Waals surface area contributed by atoms with Crippen molar-refractivity contribution >= 4 is 0 Å². The highest BCUT2D eigenvalue weighted by Crippen LogP contribution is 2.59. The Bertz CT molecular complexity index is 596. The molecule has 0 amide bonds. The van der Waals surface area contributed by atoms with E-state index in [9.17, 15) is 0 Å². The maximum atomic E-state index is 2.43. The van der Waals surface area contributed by atoms with Crippen LogP contribution in [0.15, 0.2) is 48.5 Å². The van der Waals surface area contributed by atoms with Gasteiger partial charge in [-0.05, 0) is 46.4 Å². The maximum absolute atomic E-state index is 2.43. The third-order valence-electron chi connectivity index (χ3n) is 4.73. The minimum absolute atomic E-state index is 0.440. The van der Waals surface area contributed by atoms with Crippen molar-refractivity contribution in [2.45, 2.75) is 25.2 Å². The molecular weight excluding hydrogens is 204 g/mol. The molecule has 2 aliphatic carbocycles. The van der Waals surface area contributed by atoms with E-state index in [1.165, 1.54) is 29.5 Å². The normalized spacial score (nSPS) is 28.6. The van der Waals surface area contributed by atoms with Gasteiger partial charge in [-0.2, -0.15) is 0 Å². The number of fused-ring (bicyclic) bond motifs is 5. The van der Waals surface area contributed by atoms with E-state index in [4.69, 9.17) is 0 Å². The maximum Gasteiger partial charge on any atom is -0.00343 e. The van der Waals surface area contributed by atoms with E-state index in [-0.39, 0.29) is 0 Å². The van der Waals surface area contributed by atoms with Crippen LogP contribution < -0.4 is 0 Å². The molecule has 0 N–H and O–H groups in total. The predicted molar refractivity (Wildman–Crippen MR) is 71.0 cm³/mol. The standard InChI is InChI=1S/C17H16/c1-17-11-13(17)10-12-6-2-3-7-14(12)15-8-4-5-9-16(15)17/h2-9,13H,10-11H2,1H3. The second-order valence-electron chi connectivity index (χ2n) is 5.73. The van der Waals surface area contributed by atoms with Gasteiger partial charge in [-0.25, -0.2) is 0 Å². The van der Waals surface area contributed by atoms with E-state index in [2.05, 4.69) is 55.5 Å². The van der Waals surface area contributed by atoms with Crippen LogP contribution in [0, 0.1) is 5.92 Å². The van der Waals surface area contributed by atoms with Gasteiger partial charge in [0.25, 0.3) is 0 Å². The molecule has 4 rings (SSSR count). The average molecular weight is 220 g/mol. The molecule has 0 radical (unpaired) electrons. The van der Waals surface area contributed by atoms with Crippen LogP contribution >= 0.6 is 0 Å².